The normalized spacial score (nSPS) is 17.2. The molecular formula is C21H20F2N6O3S. The van der Waals surface area contributed by atoms with Gasteiger partial charge in [-0.3, -0.25) is 14.3 Å². The molecule has 5 rings (SSSR count). The summed E-state index contributed by atoms with van der Waals surface area (Å²) < 4.78 is 28.5. The first-order valence-electron chi connectivity index (χ1n) is 10.3. The lowest BCUT2D eigenvalue weighted by atomic mass is 9.95. The fourth-order valence-electron chi connectivity index (χ4n) is 4.25. The van der Waals surface area contributed by atoms with Crippen LogP contribution in [0.15, 0.2) is 29.2 Å². The van der Waals surface area contributed by atoms with Crippen molar-refractivity contribution in [1.82, 2.24) is 25.1 Å². The van der Waals surface area contributed by atoms with Gasteiger partial charge in [0, 0.05) is 38.6 Å². The molecule has 0 unspecified atom stereocenters. The van der Waals surface area contributed by atoms with Gasteiger partial charge in [0.05, 0.1) is 5.56 Å². The van der Waals surface area contributed by atoms with Crippen molar-refractivity contribution in [3.63, 3.8) is 0 Å². The molecule has 0 bridgehead atoms. The number of hydrogen-bond donors (Lipinski definition) is 3. The SMILES string of the molecule is CN1C(=O)c2c(O)c(=O)c(-c3nnc(Cc4ccc(F)cc4F)s3)cn2NC12CCNCC2. The third-order valence-electron chi connectivity index (χ3n) is 6.15. The maximum atomic E-state index is 14.0. The second kappa shape index (κ2) is 7.89. The summed E-state index contributed by atoms with van der Waals surface area (Å²) in [7, 11) is 1.65. The van der Waals surface area contributed by atoms with Gasteiger partial charge in [-0.25, -0.2) is 8.78 Å². The van der Waals surface area contributed by atoms with E-state index >= 15 is 0 Å². The van der Waals surface area contributed by atoms with Crippen molar-refractivity contribution < 1.29 is 18.7 Å². The molecule has 1 aromatic carbocycles. The quantitative estimate of drug-likeness (QED) is 0.529. The van der Waals surface area contributed by atoms with Gasteiger partial charge in [-0.1, -0.05) is 17.4 Å². The number of nitrogens with one attached hydrogen (secondary N) is 2. The number of piperidine rings is 1. The summed E-state index contributed by atoms with van der Waals surface area (Å²) >= 11 is 1.06. The standard InChI is InChI=1S/C21H20F2N6O3S/c1-28-20(32)16-18(31)17(30)13(10-29(16)27-21(28)4-6-24-7-5-21)19-26-25-15(33-19)8-11-2-3-12(22)9-14(11)23/h2-3,9-10,24,27,31H,4-8H2,1H3. The van der Waals surface area contributed by atoms with E-state index in [1.807, 2.05) is 0 Å². The van der Waals surface area contributed by atoms with Gasteiger partial charge in [-0.05, 0) is 24.7 Å². The van der Waals surface area contributed by atoms with Crippen LogP contribution < -0.4 is 16.2 Å². The van der Waals surface area contributed by atoms with E-state index in [-0.39, 0.29) is 28.2 Å². The maximum absolute atomic E-state index is 14.0. The molecule has 2 aromatic heterocycles. The van der Waals surface area contributed by atoms with Crippen LogP contribution in [0.5, 0.6) is 5.75 Å². The molecule has 12 heteroatoms. The molecule has 9 nitrogen and oxygen atoms in total. The van der Waals surface area contributed by atoms with E-state index in [2.05, 4.69) is 20.9 Å². The van der Waals surface area contributed by atoms with Crippen LogP contribution in [-0.2, 0) is 6.42 Å². The Hall–Kier alpha value is -3.38. The number of halogens is 2. The Morgan fingerprint density at radius 1 is 1.21 bits per heavy atom. The maximum Gasteiger partial charge on any atom is 0.278 e. The van der Waals surface area contributed by atoms with Crippen molar-refractivity contribution in [1.29, 1.82) is 0 Å². The smallest absolute Gasteiger partial charge is 0.278 e. The molecule has 172 valence electrons. The Labute approximate surface area is 190 Å². The van der Waals surface area contributed by atoms with E-state index < -0.39 is 34.4 Å². The Morgan fingerprint density at radius 3 is 2.70 bits per heavy atom. The molecule has 33 heavy (non-hydrogen) atoms. The zero-order valence-corrected chi connectivity index (χ0v) is 18.4. The lowest BCUT2D eigenvalue weighted by Gasteiger charge is -2.49. The van der Waals surface area contributed by atoms with Gasteiger partial charge in [0.2, 0.25) is 5.43 Å². The number of fused-ring (bicyclic) bond motifs is 1. The van der Waals surface area contributed by atoms with Gasteiger partial charge in [0.1, 0.15) is 22.3 Å². The summed E-state index contributed by atoms with van der Waals surface area (Å²) in [5, 5.41) is 22.5. The van der Waals surface area contributed by atoms with Crippen molar-refractivity contribution in [2.75, 3.05) is 25.6 Å². The lowest BCUT2D eigenvalue weighted by molar-refractivity contribution is 0.0424. The number of carbonyl (C=O) groups is 1. The average Bonchev–Trinajstić information content (AvgIpc) is 3.25. The fourth-order valence-corrected chi connectivity index (χ4v) is 5.12. The van der Waals surface area contributed by atoms with E-state index in [0.29, 0.717) is 30.9 Å². The van der Waals surface area contributed by atoms with Crippen molar-refractivity contribution in [3.05, 3.63) is 62.5 Å². The first-order chi connectivity index (χ1) is 15.8. The highest BCUT2D eigenvalue weighted by Gasteiger charge is 2.45. The number of carbonyl (C=O) groups excluding carboxylic acids is 1. The third-order valence-corrected chi connectivity index (χ3v) is 7.10. The molecule has 2 aliphatic rings. The van der Waals surface area contributed by atoms with Gasteiger partial charge in [0.25, 0.3) is 5.91 Å². The van der Waals surface area contributed by atoms with Crippen LogP contribution in [0.4, 0.5) is 8.78 Å². The molecule has 1 fully saturated rings. The Morgan fingerprint density at radius 2 is 1.97 bits per heavy atom. The Kier molecular flexibility index (Phi) is 5.13. The second-order valence-electron chi connectivity index (χ2n) is 8.11. The number of aromatic hydroxyl groups is 1. The highest BCUT2D eigenvalue weighted by atomic mass is 32.1. The molecule has 1 spiro atoms. The molecule has 2 aliphatic heterocycles. The van der Waals surface area contributed by atoms with Crippen LogP contribution in [0.3, 0.4) is 0 Å². The minimum Gasteiger partial charge on any atom is -0.502 e. The highest BCUT2D eigenvalue weighted by Crippen LogP contribution is 2.33. The number of rotatable bonds is 3. The van der Waals surface area contributed by atoms with E-state index in [4.69, 9.17) is 0 Å². The fraction of sp³-hybridized carbons (Fsp3) is 0.333. The summed E-state index contributed by atoms with van der Waals surface area (Å²) in [6, 6.07) is 3.28. The molecule has 4 heterocycles. The first-order valence-corrected chi connectivity index (χ1v) is 11.1. The molecule has 0 aliphatic carbocycles. The van der Waals surface area contributed by atoms with Crippen LogP contribution in [-0.4, -0.2) is 56.6 Å². The highest BCUT2D eigenvalue weighted by molar-refractivity contribution is 7.14. The van der Waals surface area contributed by atoms with E-state index in [9.17, 15) is 23.5 Å². The number of amides is 1. The van der Waals surface area contributed by atoms with Gasteiger partial charge in [-0.15, -0.1) is 10.2 Å². The van der Waals surface area contributed by atoms with Crippen molar-refractivity contribution in [2.24, 2.45) is 0 Å². The van der Waals surface area contributed by atoms with Crippen molar-refractivity contribution in [3.8, 4) is 16.3 Å². The summed E-state index contributed by atoms with van der Waals surface area (Å²) in [6.07, 6.45) is 2.79. The van der Waals surface area contributed by atoms with E-state index in [1.54, 1.807) is 7.05 Å². The third kappa shape index (κ3) is 3.55. The molecular weight excluding hydrogens is 454 g/mol. The zero-order valence-electron chi connectivity index (χ0n) is 17.6. The monoisotopic (exact) mass is 474 g/mol. The summed E-state index contributed by atoms with van der Waals surface area (Å²) in [6.45, 7) is 1.41. The van der Waals surface area contributed by atoms with Crippen LogP contribution in [0.2, 0.25) is 0 Å². The van der Waals surface area contributed by atoms with Crippen LogP contribution in [0, 0.1) is 11.6 Å². The summed E-state index contributed by atoms with van der Waals surface area (Å²) in [5.74, 6) is -2.51. The van der Waals surface area contributed by atoms with Gasteiger partial charge < -0.3 is 20.7 Å². The number of aromatic nitrogens is 3. The number of benzene rings is 1. The largest absolute Gasteiger partial charge is 0.502 e. The molecule has 3 N–H and O–H groups in total. The van der Waals surface area contributed by atoms with E-state index in [0.717, 1.165) is 23.5 Å². The molecule has 1 amide bonds. The number of nitrogens with zero attached hydrogens (tertiary/aromatic N) is 4. The van der Waals surface area contributed by atoms with E-state index in [1.165, 1.54) is 21.8 Å². The van der Waals surface area contributed by atoms with Crippen molar-refractivity contribution in [2.45, 2.75) is 24.9 Å². The Bertz CT molecular complexity index is 1320. The van der Waals surface area contributed by atoms with Crippen molar-refractivity contribution >= 4 is 17.2 Å². The number of pyridine rings is 1. The van der Waals surface area contributed by atoms with Gasteiger partial charge in [-0.2, -0.15) is 0 Å². The number of hydrogen-bond acceptors (Lipinski definition) is 8. The predicted molar refractivity (Wildman–Crippen MR) is 117 cm³/mol. The van der Waals surface area contributed by atoms with Crippen LogP contribution in [0.25, 0.3) is 10.6 Å². The lowest BCUT2D eigenvalue weighted by Crippen LogP contribution is -2.65. The zero-order chi connectivity index (χ0) is 23.3. The molecule has 1 saturated heterocycles. The summed E-state index contributed by atoms with van der Waals surface area (Å²) in [5.41, 5.74) is 2.05. The predicted octanol–water partition coefficient (Wildman–Crippen LogP) is 1.65. The molecule has 0 radical (unpaired) electrons. The van der Waals surface area contributed by atoms with Gasteiger partial charge >= 0.3 is 0 Å². The van der Waals surface area contributed by atoms with Crippen LogP contribution in [0.1, 0.15) is 33.9 Å². The molecule has 3 aromatic rings. The second-order valence-corrected chi connectivity index (χ2v) is 9.17. The first kappa shape index (κ1) is 21.5. The Balaban J connectivity index is 1.52. The average molecular weight is 474 g/mol. The van der Waals surface area contributed by atoms with Gasteiger partial charge in [0.15, 0.2) is 16.5 Å². The molecule has 0 saturated carbocycles. The summed E-state index contributed by atoms with van der Waals surface area (Å²) in [4.78, 5) is 27.4. The topological polar surface area (TPSA) is 112 Å². The van der Waals surface area contributed by atoms with Crippen LogP contribution >= 0.6 is 11.3 Å². The minimum absolute atomic E-state index is 0.0634. The molecule has 0 atom stereocenters. The minimum atomic E-state index is -0.748.